The molecule has 0 aliphatic rings. The van der Waals surface area contributed by atoms with E-state index in [-0.39, 0.29) is 5.82 Å². The third-order valence-electron chi connectivity index (χ3n) is 3.91. The van der Waals surface area contributed by atoms with Crippen molar-refractivity contribution >= 4 is 44.9 Å². The van der Waals surface area contributed by atoms with Crippen molar-refractivity contribution in [2.45, 2.75) is 6.92 Å². The minimum absolute atomic E-state index is 0.187. The van der Waals surface area contributed by atoms with E-state index in [9.17, 15) is 5.26 Å². The van der Waals surface area contributed by atoms with Gasteiger partial charge >= 0.3 is 0 Å². The molecule has 0 unspecified atom stereocenters. The van der Waals surface area contributed by atoms with Crippen LogP contribution in [0.5, 0.6) is 0 Å². The van der Waals surface area contributed by atoms with Gasteiger partial charge in [0.2, 0.25) is 0 Å². The van der Waals surface area contributed by atoms with Gasteiger partial charge in [0, 0.05) is 15.6 Å². The molecular formula is C19H12BrCl2N3. The number of benzene rings is 2. The highest BCUT2D eigenvalue weighted by atomic mass is 79.9. The van der Waals surface area contributed by atoms with Gasteiger partial charge in [-0.05, 0) is 42.3 Å². The molecule has 1 heterocycles. The van der Waals surface area contributed by atoms with Gasteiger partial charge in [-0.25, -0.2) is 4.98 Å². The van der Waals surface area contributed by atoms with Gasteiger partial charge < -0.3 is 5.73 Å². The number of nitrogens with two attached hydrogens (primary N) is 1. The third kappa shape index (κ3) is 3.36. The predicted octanol–water partition coefficient (Wildman–Crippen LogP) is 6.25. The summed E-state index contributed by atoms with van der Waals surface area (Å²) in [6.07, 6.45) is 0. The average molecular weight is 433 g/mol. The molecule has 0 aliphatic heterocycles. The molecule has 0 aliphatic carbocycles. The molecule has 0 radical (unpaired) electrons. The quantitative estimate of drug-likeness (QED) is 0.520. The number of anilines is 1. The second-order valence-corrected chi connectivity index (χ2v) is 7.20. The Labute approximate surface area is 164 Å². The maximum absolute atomic E-state index is 9.57. The van der Waals surface area contributed by atoms with Crippen LogP contribution in [0.2, 0.25) is 10.0 Å². The molecule has 0 spiro atoms. The monoisotopic (exact) mass is 431 g/mol. The molecule has 0 fully saturated rings. The van der Waals surface area contributed by atoms with Gasteiger partial charge in [0.1, 0.15) is 17.5 Å². The van der Waals surface area contributed by atoms with Gasteiger partial charge in [0.25, 0.3) is 0 Å². The van der Waals surface area contributed by atoms with Crippen molar-refractivity contribution in [1.82, 2.24) is 4.98 Å². The molecule has 0 saturated heterocycles. The molecule has 6 heteroatoms. The van der Waals surface area contributed by atoms with E-state index in [1.165, 1.54) is 0 Å². The fourth-order valence-corrected chi connectivity index (χ4v) is 3.27. The summed E-state index contributed by atoms with van der Waals surface area (Å²) in [4.78, 5) is 4.45. The lowest BCUT2D eigenvalue weighted by atomic mass is 9.93. The van der Waals surface area contributed by atoms with Crippen LogP contribution >= 0.6 is 39.1 Å². The molecule has 0 atom stereocenters. The number of halogens is 3. The summed E-state index contributed by atoms with van der Waals surface area (Å²) in [6.45, 7) is 1.92. The number of hydrogen-bond donors (Lipinski definition) is 1. The van der Waals surface area contributed by atoms with Crippen molar-refractivity contribution in [2.24, 2.45) is 0 Å². The summed E-state index contributed by atoms with van der Waals surface area (Å²) < 4.78 is 0.972. The Morgan fingerprint density at radius 3 is 2.28 bits per heavy atom. The fraction of sp³-hybridized carbons (Fsp3) is 0.0526. The smallest absolute Gasteiger partial charge is 0.142 e. The van der Waals surface area contributed by atoms with Gasteiger partial charge in [-0.15, -0.1) is 0 Å². The minimum atomic E-state index is 0.187. The van der Waals surface area contributed by atoms with Crippen molar-refractivity contribution in [3.63, 3.8) is 0 Å². The van der Waals surface area contributed by atoms with Crippen LogP contribution in [-0.2, 0) is 0 Å². The highest BCUT2D eigenvalue weighted by Gasteiger charge is 2.19. The molecule has 3 nitrogen and oxygen atoms in total. The number of aromatic nitrogens is 1. The van der Waals surface area contributed by atoms with Gasteiger partial charge in [0.05, 0.1) is 15.7 Å². The number of nitriles is 1. The minimum Gasteiger partial charge on any atom is -0.383 e. The molecule has 0 bridgehead atoms. The molecular weight excluding hydrogens is 421 g/mol. The normalized spacial score (nSPS) is 10.5. The first kappa shape index (κ1) is 17.8. The SMILES string of the molecule is Cc1c(-c2ccc(Br)cc2)nc(N)c(C#N)c1-c1ccc(Cl)c(Cl)c1. The highest BCUT2D eigenvalue weighted by molar-refractivity contribution is 9.10. The zero-order valence-electron chi connectivity index (χ0n) is 13.1. The predicted molar refractivity (Wildman–Crippen MR) is 107 cm³/mol. The summed E-state index contributed by atoms with van der Waals surface area (Å²) in [5, 5.41) is 10.4. The van der Waals surface area contributed by atoms with Crippen LogP contribution in [0.25, 0.3) is 22.4 Å². The lowest BCUT2D eigenvalue weighted by molar-refractivity contribution is 1.26. The van der Waals surface area contributed by atoms with E-state index in [0.717, 1.165) is 26.9 Å². The molecule has 2 aromatic carbocycles. The first-order valence-electron chi connectivity index (χ1n) is 7.34. The summed E-state index contributed by atoms with van der Waals surface area (Å²) in [5.74, 6) is 0.187. The summed E-state index contributed by atoms with van der Waals surface area (Å²) in [7, 11) is 0. The van der Waals surface area contributed by atoms with E-state index in [2.05, 4.69) is 27.0 Å². The molecule has 3 rings (SSSR count). The van der Waals surface area contributed by atoms with Crippen LogP contribution in [0.3, 0.4) is 0 Å². The van der Waals surface area contributed by atoms with E-state index in [1.807, 2.05) is 37.3 Å². The van der Waals surface area contributed by atoms with Crippen molar-refractivity contribution in [3.8, 4) is 28.5 Å². The average Bonchev–Trinajstić information content (AvgIpc) is 2.59. The Kier molecular flexibility index (Phi) is 5.01. The van der Waals surface area contributed by atoms with Gasteiger partial charge in [-0.2, -0.15) is 5.26 Å². The molecule has 0 amide bonds. The molecule has 124 valence electrons. The highest BCUT2D eigenvalue weighted by Crippen LogP contribution is 2.38. The second-order valence-electron chi connectivity index (χ2n) is 5.47. The summed E-state index contributed by atoms with van der Waals surface area (Å²) in [6, 6.07) is 15.2. The molecule has 0 saturated carbocycles. The number of pyridine rings is 1. The van der Waals surface area contributed by atoms with E-state index < -0.39 is 0 Å². The number of hydrogen-bond acceptors (Lipinski definition) is 3. The van der Waals surface area contributed by atoms with E-state index >= 15 is 0 Å². The van der Waals surface area contributed by atoms with Crippen LogP contribution in [0.1, 0.15) is 11.1 Å². The Hall–Kier alpha value is -2.06. The second kappa shape index (κ2) is 7.05. The van der Waals surface area contributed by atoms with Crippen LogP contribution in [0.15, 0.2) is 46.9 Å². The van der Waals surface area contributed by atoms with Crippen LogP contribution in [0, 0.1) is 18.3 Å². The van der Waals surface area contributed by atoms with Gasteiger partial charge in [-0.1, -0.05) is 57.3 Å². The summed E-state index contributed by atoms with van der Waals surface area (Å²) in [5.41, 5.74) is 10.4. The zero-order chi connectivity index (χ0) is 18.1. The van der Waals surface area contributed by atoms with E-state index in [0.29, 0.717) is 21.2 Å². The first-order valence-corrected chi connectivity index (χ1v) is 8.88. The van der Waals surface area contributed by atoms with Crippen LogP contribution < -0.4 is 5.73 Å². The number of nitrogen functional groups attached to an aromatic ring is 1. The topological polar surface area (TPSA) is 62.7 Å². The fourth-order valence-electron chi connectivity index (χ4n) is 2.71. The maximum atomic E-state index is 9.57. The van der Waals surface area contributed by atoms with E-state index in [4.69, 9.17) is 28.9 Å². The molecule has 2 N–H and O–H groups in total. The summed E-state index contributed by atoms with van der Waals surface area (Å²) >= 11 is 15.6. The lowest BCUT2D eigenvalue weighted by Gasteiger charge is -2.15. The lowest BCUT2D eigenvalue weighted by Crippen LogP contribution is -2.03. The van der Waals surface area contributed by atoms with Crippen LogP contribution in [0.4, 0.5) is 5.82 Å². The zero-order valence-corrected chi connectivity index (χ0v) is 16.2. The Balaban J connectivity index is 2.31. The van der Waals surface area contributed by atoms with Gasteiger partial charge in [0.15, 0.2) is 0 Å². The Morgan fingerprint density at radius 1 is 1.04 bits per heavy atom. The molecule has 25 heavy (non-hydrogen) atoms. The van der Waals surface area contributed by atoms with Crippen molar-refractivity contribution in [1.29, 1.82) is 5.26 Å². The van der Waals surface area contributed by atoms with Crippen molar-refractivity contribution in [2.75, 3.05) is 5.73 Å². The first-order chi connectivity index (χ1) is 11.9. The van der Waals surface area contributed by atoms with Crippen molar-refractivity contribution in [3.05, 3.63) is 68.1 Å². The molecule has 3 aromatic rings. The number of nitrogens with zero attached hydrogens (tertiary/aromatic N) is 2. The standard InChI is InChI=1S/C19H12BrCl2N3/c1-10-17(12-4-7-15(21)16(22)8-12)14(9-23)19(24)25-18(10)11-2-5-13(20)6-3-11/h2-8H,1H3,(H2,24,25). The third-order valence-corrected chi connectivity index (χ3v) is 5.17. The Morgan fingerprint density at radius 2 is 1.68 bits per heavy atom. The number of rotatable bonds is 2. The largest absolute Gasteiger partial charge is 0.383 e. The maximum Gasteiger partial charge on any atom is 0.142 e. The van der Waals surface area contributed by atoms with Gasteiger partial charge in [-0.3, -0.25) is 0 Å². The molecule has 1 aromatic heterocycles. The van der Waals surface area contributed by atoms with Crippen LogP contribution in [-0.4, -0.2) is 4.98 Å². The van der Waals surface area contributed by atoms with E-state index in [1.54, 1.807) is 12.1 Å². The Bertz CT molecular complexity index is 1010. The van der Waals surface area contributed by atoms with Crippen molar-refractivity contribution < 1.29 is 0 Å².